The highest BCUT2D eigenvalue weighted by Crippen LogP contribution is 2.24. The Labute approximate surface area is 105 Å². The van der Waals surface area contributed by atoms with Crippen molar-refractivity contribution in [1.29, 1.82) is 0 Å². The second kappa shape index (κ2) is 5.18. The molecular formula is C13H13N3O2. The average Bonchev–Trinajstić information content (AvgIpc) is 2.35. The van der Waals surface area contributed by atoms with Crippen LogP contribution in [0.25, 0.3) is 0 Å². The minimum absolute atomic E-state index is 0.509. The Bertz CT molecular complexity index is 582. The van der Waals surface area contributed by atoms with Gasteiger partial charge in [0.15, 0.2) is 0 Å². The van der Waals surface area contributed by atoms with Gasteiger partial charge in [-0.1, -0.05) is 11.2 Å². The minimum atomic E-state index is 0.509. The Balaban J connectivity index is 2.22. The van der Waals surface area contributed by atoms with E-state index < -0.39 is 0 Å². The summed E-state index contributed by atoms with van der Waals surface area (Å²) >= 11 is 0. The molecule has 92 valence electrons. The fourth-order valence-electron chi connectivity index (χ4n) is 1.44. The second-order valence-corrected chi connectivity index (χ2v) is 3.78. The molecule has 1 aromatic carbocycles. The highest BCUT2D eigenvalue weighted by Gasteiger charge is 2.01. The van der Waals surface area contributed by atoms with Gasteiger partial charge in [0.2, 0.25) is 0 Å². The van der Waals surface area contributed by atoms with E-state index in [0.717, 1.165) is 5.56 Å². The van der Waals surface area contributed by atoms with Gasteiger partial charge in [-0.3, -0.25) is 4.98 Å². The van der Waals surface area contributed by atoms with Crippen LogP contribution in [0.15, 0.2) is 41.7 Å². The van der Waals surface area contributed by atoms with E-state index in [9.17, 15) is 0 Å². The van der Waals surface area contributed by atoms with Crippen LogP contribution in [0.1, 0.15) is 11.3 Å². The zero-order chi connectivity index (χ0) is 13.0. The van der Waals surface area contributed by atoms with E-state index in [1.165, 1.54) is 6.21 Å². The van der Waals surface area contributed by atoms with Crippen molar-refractivity contribution in [2.75, 3.05) is 5.73 Å². The molecule has 5 nitrogen and oxygen atoms in total. The van der Waals surface area contributed by atoms with Gasteiger partial charge >= 0.3 is 0 Å². The van der Waals surface area contributed by atoms with E-state index in [1.54, 1.807) is 24.4 Å². The van der Waals surface area contributed by atoms with E-state index in [1.807, 2.05) is 19.1 Å². The van der Waals surface area contributed by atoms with E-state index in [0.29, 0.717) is 22.9 Å². The van der Waals surface area contributed by atoms with Crippen LogP contribution in [0, 0.1) is 6.92 Å². The van der Waals surface area contributed by atoms with Gasteiger partial charge in [0.05, 0.1) is 11.9 Å². The molecular weight excluding hydrogens is 230 g/mol. The fraction of sp³-hybridized carbons (Fsp3) is 0.0769. The van der Waals surface area contributed by atoms with Gasteiger partial charge in [-0.05, 0) is 24.6 Å². The first-order valence-electron chi connectivity index (χ1n) is 5.36. The molecule has 0 aliphatic heterocycles. The summed E-state index contributed by atoms with van der Waals surface area (Å²) in [5.41, 5.74) is 8.00. The van der Waals surface area contributed by atoms with Crippen LogP contribution >= 0.6 is 0 Å². The third-order valence-corrected chi connectivity index (χ3v) is 2.43. The number of ether oxygens (including phenoxy) is 1. The van der Waals surface area contributed by atoms with E-state index in [4.69, 9.17) is 15.7 Å². The Morgan fingerprint density at radius 1 is 1.28 bits per heavy atom. The van der Waals surface area contributed by atoms with Crippen molar-refractivity contribution < 1.29 is 9.94 Å². The molecule has 0 aliphatic carbocycles. The molecule has 0 saturated carbocycles. The lowest BCUT2D eigenvalue weighted by atomic mass is 10.2. The van der Waals surface area contributed by atoms with Crippen LogP contribution < -0.4 is 10.5 Å². The molecule has 0 unspecified atom stereocenters. The minimum Gasteiger partial charge on any atom is -0.457 e. The van der Waals surface area contributed by atoms with Gasteiger partial charge < -0.3 is 15.7 Å². The molecule has 0 spiro atoms. The van der Waals surface area contributed by atoms with Crippen LogP contribution in [-0.4, -0.2) is 16.4 Å². The Hall–Kier alpha value is -2.56. The third-order valence-electron chi connectivity index (χ3n) is 2.43. The summed E-state index contributed by atoms with van der Waals surface area (Å²) in [6.45, 7) is 1.93. The van der Waals surface area contributed by atoms with Crippen molar-refractivity contribution >= 4 is 11.9 Å². The standard InChI is InChI=1S/C13H13N3O2/c1-9-2-3-11(7-13(9)14)18-12-4-5-15-10(6-12)8-16-17/h2-8,17H,14H2,1H3/b16-8-. The number of aryl methyl sites for hydroxylation is 1. The maximum atomic E-state index is 8.44. The molecule has 0 aliphatic rings. The first kappa shape index (κ1) is 11.9. The maximum Gasteiger partial charge on any atom is 0.131 e. The van der Waals surface area contributed by atoms with Crippen molar-refractivity contribution in [2.45, 2.75) is 6.92 Å². The number of benzene rings is 1. The zero-order valence-electron chi connectivity index (χ0n) is 9.87. The quantitative estimate of drug-likeness (QED) is 0.376. The predicted molar refractivity (Wildman–Crippen MR) is 69.3 cm³/mol. The number of nitrogens with zero attached hydrogens (tertiary/aromatic N) is 2. The molecule has 18 heavy (non-hydrogen) atoms. The molecule has 0 amide bonds. The molecule has 1 heterocycles. The van der Waals surface area contributed by atoms with Gasteiger partial charge in [-0.15, -0.1) is 0 Å². The summed E-state index contributed by atoms with van der Waals surface area (Å²) < 4.78 is 5.64. The van der Waals surface area contributed by atoms with Crippen LogP contribution in [0.3, 0.4) is 0 Å². The molecule has 5 heteroatoms. The molecule has 0 fully saturated rings. The number of aromatic nitrogens is 1. The predicted octanol–water partition coefficient (Wildman–Crippen LogP) is 2.57. The van der Waals surface area contributed by atoms with Crippen LogP contribution in [0.2, 0.25) is 0 Å². The topological polar surface area (TPSA) is 80.7 Å². The zero-order valence-corrected chi connectivity index (χ0v) is 9.87. The largest absolute Gasteiger partial charge is 0.457 e. The van der Waals surface area contributed by atoms with Crippen LogP contribution in [-0.2, 0) is 0 Å². The second-order valence-electron chi connectivity index (χ2n) is 3.78. The van der Waals surface area contributed by atoms with Crippen molar-refractivity contribution in [3.05, 3.63) is 47.8 Å². The lowest BCUT2D eigenvalue weighted by molar-refractivity contribution is 0.321. The summed E-state index contributed by atoms with van der Waals surface area (Å²) in [6.07, 6.45) is 2.81. The van der Waals surface area contributed by atoms with Gasteiger partial charge in [-0.25, -0.2) is 0 Å². The number of nitrogen functional groups attached to an aromatic ring is 1. The summed E-state index contributed by atoms with van der Waals surface area (Å²) in [7, 11) is 0. The van der Waals surface area contributed by atoms with Gasteiger partial charge in [0.25, 0.3) is 0 Å². The number of oxime groups is 1. The maximum absolute atomic E-state index is 8.44. The molecule has 0 radical (unpaired) electrons. The normalized spacial score (nSPS) is 10.7. The van der Waals surface area contributed by atoms with E-state index >= 15 is 0 Å². The number of hydrogen-bond acceptors (Lipinski definition) is 5. The van der Waals surface area contributed by atoms with E-state index in [-0.39, 0.29) is 0 Å². The molecule has 3 N–H and O–H groups in total. The van der Waals surface area contributed by atoms with E-state index in [2.05, 4.69) is 10.1 Å². The molecule has 2 rings (SSSR count). The number of anilines is 1. The summed E-state index contributed by atoms with van der Waals surface area (Å²) in [4.78, 5) is 3.99. The molecule has 0 bridgehead atoms. The van der Waals surface area contributed by atoms with Gasteiger partial charge in [-0.2, -0.15) is 0 Å². The third kappa shape index (κ3) is 2.76. The Morgan fingerprint density at radius 2 is 2.06 bits per heavy atom. The number of pyridine rings is 1. The van der Waals surface area contributed by atoms with Crippen molar-refractivity contribution in [2.24, 2.45) is 5.16 Å². The van der Waals surface area contributed by atoms with Crippen molar-refractivity contribution in [1.82, 2.24) is 4.98 Å². The van der Waals surface area contributed by atoms with Gasteiger partial charge in [0.1, 0.15) is 11.5 Å². The molecule has 0 atom stereocenters. The van der Waals surface area contributed by atoms with Gasteiger partial charge in [0, 0.05) is 24.0 Å². The Morgan fingerprint density at radius 3 is 2.78 bits per heavy atom. The Kier molecular flexibility index (Phi) is 3.43. The first-order valence-corrected chi connectivity index (χ1v) is 5.36. The molecule has 1 aromatic heterocycles. The SMILES string of the molecule is Cc1ccc(Oc2ccnc(/C=N\O)c2)cc1N. The number of rotatable bonds is 3. The van der Waals surface area contributed by atoms with Crippen molar-refractivity contribution in [3.63, 3.8) is 0 Å². The fourth-order valence-corrected chi connectivity index (χ4v) is 1.44. The summed E-state index contributed by atoms with van der Waals surface area (Å²) in [5, 5.41) is 11.4. The van der Waals surface area contributed by atoms with Crippen LogP contribution in [0.4, 0.5) is 5.69 Å². The molecule has 2 aromatic rings. The van der Waals surface area contributed by atoms with Crippen LogP contribution in [0.5, 0.6) is 11.5 Å². The number of nitrogens with two attached hydrogens (primary N) is 1. The number of hydrogen-bond donors (Lipinski definition) is 2. The highest BCUT2D eigenvalue weighted by atomic mass is 16.5. The smallest absolute Gasteiger partial charge is 0.131 e. The lowest BCUT2D eigenvalue weighted by Crippen LogP contribution is -1.92. The summed E-state index contributed by atoms with van der Waals surface area (Å²) in [6, 6.07) is 8.87. The monoisotopic (exact) mass is 243 g/mol. The molecule has 0 saturated heterocycles. The lowest BCUT2D eigenvalue weighted by Gasteiger charge is -2.07. The van der Waals surface area contributed by atoms with Crippen molar-refractivity contribution in [3.8, 4) is 11.5 Å². The highest BCUT2D eigenvalue weighted by molar-refractivity contribution is 5.76. The first-order chi connectivity index (χ1) is 8.69. The summed E-state index contributed by atoms with van der Waals surface area (Å²) in [5.74, 6) is 1.25. The average molecular weight is 243 g/mol.